The van der Waals surface area contributed by atoms with Gasteiger partial charge in [-0.05, 0) is 6.07 Å². The summed E-state index contributed by atoms with van der Waals surface area (Å²) in [5, 5.41) is 13.0. The van der Waals surface area contributed by atoms with Gasteiger partial charge in [-0.1, -0.05) is 30.3 Å². The number of furan rings is 1. The Hall–Kier alpha value is -3.55. The van der Waals surface area contributed by atoms with E-state index in [0.717, 1.165) is 11.6 Å². The van der Waals surface area contributed by atoms with Crippen LogP contribution < -0.4 is 5.32 Å². The first-order chi connectivity index (χ1) is 11.1. The number of nitrogens with zero attached hydrogens (tertiary/aromatic N) is 3. The van der Waals surface area contributed by atoms with Gasteiger partial charge >= 0.3 is 5.88 Å². The first-order valence-electron chi connectivity index (χ1n) is 6.56. The fourth-order valence-corrected chi connectivity index (χ4v) is 1.87. The summed E-state index contributed by atoms with van der Waals surface area (Å²) in [5.74, 6) is -0.749. The predicted molar refractivity (Wildman–Crippen MR) is 80.8 cm³/mol. The Morgan fingerprint density at radius 3 is 2.39 bits per heavy atom. The molecule has 0 atom stereocenters. The summed E-state index contributed by atoms with van der Waals surface area (Å²) in [5.41, 5.74) is 1.21. The smallest absolute Gasteiger partial charge is 0.395 e. The molecule has 1 N–H and O–H groups in total. The highest BCUT2D eigenvalue weighted by Crippen LogP contribution is 2.18. The highest BCUT2D eigenvalue weighted by molar-refractivity contribution is 6.02. The van der Waals surface area contributed by atoms with E-state index in [-0.39, 0.29) is 5.76 Å². The van der Waals surface area contributed by atoms with Gasteiger partial charge in [-0.25, -0.2) is 9.97 Å². The van der Waals surface area contributed by atoms with Crippen LogP contribution in [0.1, 0.15) is 10.6 Å². The van der Waals surface area contributed by atoms with Crippen LogP contribution in [0.3, 0.4) is 0 Å². The van der Waals surface area contributed by atoms with Gasteiger partial charge in [-0.3, -0.25) is 14.9 Å². The van der Waals surface area contributed by atoms with Gasteiger partial charge in [0.05, 0.1) is 24.1 Å². The maximum Gasteiger partial charge on any atom is 0.433 e. The highest BCUT2D eigenvalue weighted by atomic mass is 16.6. The number of benzene rings is 1. The number of nitro groups is 1. The molecule has 0 unspecified atom stereocenters. The number of anilines is 1. The number of carbonyl (C=O) groups is 1. The lowest BCUT2D eigenvalue weighted by Gasteiger charge is -2.03. The minimum absolute atomic E-state index is 0.163. The van der Waals surface area contributed by atoms with Gasteiger partial charge in [0, 0.05) is 5.56 Å². The highest BCUT2D eigenvalue weighted by Gasteiger charge is 2.17. The Bertz CT molecular complexity index is 843. The van der Waals surface area contributed by atoms with Crippen LogP contribution >= 0.6 is 0 Å². The van der Waals surface area contributed by atoms with E-state index in [1.54, 1.807) is 0 Å². The molecule has 114 valence electrons. The lowest BCUT2D eigenvalue weighted by molar-refractivity contribution is -0.402. The van der Waals surface area contributed by atoms with Gasteiger partial charge in [0.15, 0.2) is 11.6 Å². The Morgan fingerprint density at radius 1 is 1.09 bits per heavy atom. The Labute approximate surface area is 130 Å². The van der Waals surface area contributed by atoms with Crippen molar-refractivity contribution in [3.05, 3.63) is 70.7 Å². The van der Waals surface area contributed by atoms with E-state index in [9.17, 15) is 14.9 Å². The number of nitrogens with one attached hydrogen (secondary N) is 1. The van der Waals surface area contributed by atoms with Crippen molar-refractivity contribution in [2.75, 3.05) is 5.32 Å². The van der Waals surface area contributed by atoms with Crippen molar-refractivity contribution in [1.82, 2.24) is 9.97 Å². The lowest BCUT2D eigenvalue weighted by Crippen LogP contribution is -2.11. The molecule has 0 aliphatic rings. The van der Waals surface area contributed by atoms with Crippen LogP contribution in [0.2, 0.25) is 0 Å². The van der Waals surface area contributed by atoms with Crippen molar-refractivity contribution >= 4 is 17.5 Å². The van der Waals surface area contributed by atoms with E-state index >= 15 is 0 Å². The van der Waals surface area contributed by atoms with E-state index in [4.69, 9.17) is 4.42 Å². The molecule has 0 radical (unpaired) electrons. The number of hydrogen-bond donors (Lipinski definition) is 1. The second kappa shape index (κ2) is 6.06. The maximum atomic E-state index is 11.9. The van der Waals surface area contributed by atoms with Crippen LogP contribution in [0, 0.1) is 10.1 Å². The van der Waals surface area contributed by atoms with Gasteiger partial charge in [-0.2, -0.15) is 0 Å². The van der Waals surface area contributed by atoms with Gasteiger partial charge in [-0.15, -0.1) is 0 Å². The molecule has 0 spiro atoms. The summed E-state index contributed by atoms with van der Waals surface area (Å²) in [6.07, 6.45) is 2.90. The molecule has 2 aromatic heterocycles. The third-order valence-corrected chi connectivity index (χ3v) is 2.94. The zero-order valence-corrected chi connectivity index (χ0v) is 11.7. The SMILES string of the molecule is O=C(Nc1cnc(-c2ccccc2)nc1)c1ccc([N+](=O)[O-])o1. The third-order valence-electron chi connectivity index (χ3n) is 2.94. The minimum atomic E-state index is -0.714. The van der Waals surface area contributed by atoms with Crippen LogP contribution in [-0.4, -0.2) is 20.8 Å². The van der Waals surface area contributed by atoms with Crippen molar-refractivity contribution < 1.29 is 14.1 Å². The largest absolute Gasteiger partial charge is 0.433 e. The monoisotopic (exact) mass is 310 g/mol. The molecule has 2 heterocycles. The Kier molecular flexibility index (Phi) is 3.79. The number of carbonyl (C=O) groups excluding carboxylic acids is 1. The van der Waals surface area contributed by atoms with Gasteiger partial charge in [0.2, 0.25) is 0 Å². The molecule has 0 saturated carbocycles. The van der Waals surface area contributed by atoms with Crippen LogP contribution in [0.15, 0.2) is 59.3 Å². The maximum absolute atomic E-state index is 11.9. The molecular weight excluding hydrogens is 300 g/mol. The number of amides is 1. The van der Waals surface area contributed by atoms with Crippen LogP contribution in [0.4, 0.5) is 11.6 Å². The second-order valence-electron chi connectivity index (χ2n) is 4.51. The summed E-state index contributed by atoms with van der Waals surface area (Å²) in [6, 6.07) is 11.7. The molecule has 1 aromatic carbocycles. The van der Waals surface area contributed by atoms with Crippen LogP contribution in [-0.2, 0) is 0 Å². The molecule has 3 rings (SSSR count). The molecule has 0 saturated heterocycles. The zero-order chi connectivity index (χ0) is 16.2. The molecular formula is C15H10N4O4. The molecule has 1 amide bonds. The first-order valence-corrected chi connectivity index (χ1v) is 6.56. The number of rotatable bonds is 4. The molecule has 8 nitrogen and oxygen atoms in total. The Morgan fingerprint density at radius 2 is 1.78 bits per heavy atom. The molecule has 3 aromatic rings. The van der Waals surface area contributed by atoms with Crippen molar-refractivity contribution in [3.63, 3.8) is 0 Å². The predicted octanol–water partition coefficient (Wildman–Crippen LogP) is 2.90. The van der Waals surface area contributed by atoms with E-state index in [1.807, 2.05) is 30.3 Å². The van der Waals surface area contributed by atoms with E-state index in [0.29, 0.717) is 11.5 Å². The van der Waals surface area contributed by atoms with Crippen LogP contribution in [0.25, 0.3) is 11.4 Å². The van der Waals surface area contributed by atoms with Crippen molar-refractivity contribution in [1.29, 1.82) is 0 Å². The van der Waals surface area contributed by atoms with Gasteiger partial charge < -0.3 is 9.73 Å². The summed E-state index contributed by atoms with van der Waals surface area (Å²) >= 11 is 0. The molecule has 0 fully saturated rings. The number of aromatic nitrogens is 2. The molecule has 23 heavy (non-hydrogen) atoms. The minimum Gasteiger partial charge on any atom is -0.395 e. The molecule has 0 aliphatic carbocycles. The summed E-state index contributed by atoms with van der Waals surface area (Å²) in [4.78, 5) is 30.1. The second-order valence-corrected chi connectivity index (χ2v) is 4.51. The quantitative estimate of drug-likeness (QED) is 0.586. The normalized spacial score (nSPS) is 10.3. The molecule has 0 aliphatic heterocycles. The fraction of sp³-hybridized carbons (Fsp3) is 0. The van der Waals surface area contributed by atoms with Crippen molar-refractivity contribution in [2.45, 2.75) is 0 Å². The Balaban J connectivity index is 1.72. The zero-order valence-electron chi connectivity index (χ0n) is 11.7. The standard InChI is InChI=1S/C15H10N4O4/c20-15(12-6-7-13(23-12)19(21)22)18-11-8-16-14(17-9-11)10-4-2-1-3-5-10/h1-9H,(H,18,20). The van der Waals surface area contributed by atoms with Gasteiger partial charge in [0.25, 0.3) is 5.91 Å². The summed E-state index contributed by atoms with van der Waals surface area (Å²) < 4.78 is 4.82. The van der Waals surface area contributed by atoms with Crippen LogP contribution in [0.5, 0.6) is 0 Å². The first kappa shape index (κ1) is 14.4. The number of hydrogen-bond acceptors (Lipinski definition) is 6. The van der Waals surface area contributed by atoms with Crippen molar-refractivity contribution in [2.24, 2.45) is 0 Å². The van der Waals surface area contributed by atoms with E-state index in [1.165, 1.54) is 18.5 Å². The van der Waals surface area contributed by atoms with Gasteiger partial charge in [0.1, 0.15) is 4.92 Å². The fourth-order valence-electron chi connectivity index (χ4n) is 1.87. The average Bonchev–Trinajstić information content (AvgIpc) is 3.07. The van der Waals surface area contributed by atoms with E-state index in [2.05, 4.69) is 15.3 Å². The summed E-state index contributed by atoms with van der Waals surface area (Å²) in [7, 11) is 0. The lowest BCUT2D eigenvalue weighted by atomic mass is 10.2. The van der Waals surface area contributed by atoms with E-state index < -0.39 is 16.7 Å². The average molecular weight is 310 g/mol. The molecule has 8 heteroatoms. The third kappa shape index (κ3) is 3.21. The summed E-state index contributed by atoms with van der Waals surface area (Å²) in [6.45, 7) is 0. The topological polar surface area (TPSA) is 111 Å². The molecule has 0 bridgehead atoms. The van der Waals surface area contributed by atoms with Crippen molar-refractivity contribution in [3.8, 4) is 11.4 Å².